The molecule has 0 saturated carbocycles. The smallest absolute Gasteiger partial charge is 0.465 e. The lowest BCUT2D eigenvalue weighted by Gasteiger charge is -2.00. The fraction of sp³-hybridized carbons (Fsp3) is 0.286. The second-order valence-electron chi connectivity index (χ2n) is 2.21. The summed E-state index contributed by atoms with van der Waals surface area (Å²) in [4.78, 5) is 21.6. The first-order chi connectivity index (χ1) is 7.10. The van der Waals surface area contributed by atoms with Gasteiger partial charge in [-0.15, -0.1) is 11.8 Å². The molecule has 1 aromatic rings. The monoisotopic (exact) mass is 249 g/mol. The second-order valence-corrected chi connectivity index (χ2v) is 4.06. The van der Waals surface area contributed by atoms with E-state index >= 15 is 0 Å². The average Bonchev–Trinajstić information content (AvgIpc) is 2.58. The van der Waals surface area contributed by atoms with Crippen molar-refractivity contribution in [1.29, 1.82) is 0 Å². The molecule has 0 unspecified atom stereocenters. The Bertz CT molecular complexity index is 389. The molecule has 6 nitrogen and oxygen atoms in total. The minimum absolute atomic E-state index is 0.0531. The maximum absolute atomic E-state index is 11.3. The molecule has 82 valence electrons. The van der Waals surface area contributed by atoms with E-state index in [0.29, 0.717) is 4.21 Å². The van der Waals surface area contributed by atoms with Gasteiger partial charge in [0, 0.05) is 0 Å². The molecule has 0 aromatic carbocycles. The van der Waals surface area contributed by atoms with E-state index in [0.717, 1.165) is 11.5 Å². The van der Waals surface area contributed by atoms with E-state index in [1.54, 1.807) is 6.26 Å². The van der Waals surface area contributed by atoms with E-state index in [1.807, 2.05) is 0 Å². The molecular formula is C7H7NO5S2. The first-order valence-corrected chi connectivity index (χ1v) is 5.62. The van der Waals surface area contributed by atoms with E-state index in [4.69, 9.17) is 5.11 Å². The summed E-state index contributed by atoms with van der Waals surface area (Å²) in [5.41, 5.74) is 0.0531. The van der Waals surface area contributed by atoms with Crippen LogP contribution in [-0.2, 0) is 4.74 Å². The van der Waals surface area contributed by atoms with Gasteiger partial charge in [-0.1, -0.05) is 0 Å². The van der Waals surface area contributed by atoms with Gasteiger partial charge in [-0.2, -0.15) is 4.37 Å². The summed E-state index contributed by atoms with van der Waals surface area (Å²) in [5.74, 6) is -0.895. The molecule has 1 aromatic heterocycles. The summed E-state index contributed by atoms with van der Waals surface area (Å²) in [5, 5.41) is 8.41. The van der Waals surface area contributed by atoms with E-state index < -0.39 is 12.1 Å². The molecule has 0 radical (unpaired) electrons. The SMILES string of the molecule is COC(=O)c1c(OC(=O)O)nsc1SC. The second kappa shape index (κ2) is 4.99. The van der Waals surface area contributed by atoms with Crippen LogP contribution in [0.15, 0.2) is 4.21 Å². The number of nitrogens with zero attached hydrogens (tertiary/aromatic N) is 1. The van der Waals surface area contributed by atoms with Crippen LogP contribution < -0.4 is 4.74 Å². The zero-order chi connectivity index (χ0) is 11.4. The van der Waals surface area contributed by atoms with Gasteiger partial charge in [0.2, 0.25) is 0 Å². The molecular weight excluding hydrogens is 242 g/mol. The summed E-state index contributed by atoms with van der Waals surface area (Å²) in [6.07, 6.45) is 0.225. The summed E-state index contributed by atoms with van der Waals surface area (Å²) < 4.78 is 13.1. The van der Waals surface area contributed by atoms with Crippen molar-refractivity contribution < 1.29 is 24.2 Å². The zero-order valence-electron chi connectivity index (χ0n) is 7.84. The van der Waals surface area contributed by atoms with Crippen LogP contribution in [0.5, 0.6) is 5.88 Å². The molecule has 0 aliphatic rings. The van der Waals surface area contributed by atoms with Crippen LogP contribution in [0.4, 0.5) is 4.79 Å². The van der Waals surface area contributed by atoms with Crippen molar-refractivity contribution in [3.8, 4) is 5.88 Å². The van der Waals surface area contributed by atoms with E-state index in [-0.39, 0.29) is 11.4 Å². The van der Waals surface area contributed by atoms with Gasteiger partial charge in [-0.05, 0) is 17.8 Å². The molecule has 1 rings (SSSR count). The summed E-state index contributed by atoms with van der Waals surface area (Å²) >= 11 is 2.25. The van der Waals surface area contributed by atoms with Gasteiger partial charge in [-0.3, -0.25) is 0 Å². The topological polar surface area (TPSA) is 85.7 Å². The maximum atomic E-state index is 11.3. The first-order valence-electron chi connectivity index (χ1n) is 3.63. The molecule has 0 atom stereocenters. The molecule has 0 saturated heterocycles. The van der Waals surface area contributed by atoms with Crippen molar-refractivity contribution in [2.75, 3.05) is 13.4 Å². The number of carboxylic acid groups (broad SMARTS) is 1. The quantitative estimate of drug-likeness (QED) is 0.644. The van der Waals surface area contributed by atoms with Crippen LogP contribution in [0, 0.1) is 0 Å². The highest BCUT2D eigenvalue weighted by Crippen LogP contribution is 2.33. The third kappa shape index (κ3) is 2.60. The van der Waals surface area contributed by atoms with Crippen molar-refractivity contribution in [2.45, 2.75) is 4.21 Å². The molecule has 8 heteroatoms. The van der Waals surface area contributed by atoms with Crippen LogP contribution in [0.3, 0.4) is 0 Å². The third-order valence-electron chi connectivity index (χ3n) is 1.39. The number of thioether (sulfide) groups is 1. The number of carbonyl (C=O) groups is 2. The lowest BCUT2D eigenvalue weighted by atomic mass is 10.3. The van der Waals surface area contributed by atoms with Crippen molar-refractivity contribution in [3.05, 3.63) is 5.56 Å². The van der Waals surface area contributed by atoms with Crippen LogP contribution in [-0.4, -0.2) is 35.0 Å². The Balaban J connectivity index is 3.10. The molecule has 0 amide bonds. The molecule has 15 heavy (non-hydrogen) atoms. The number of hydrogen-bond acceptors (Lipinski definition) is 7. The first kappa shape index (κ1) is 11.8. The number of aromatic nitrogens is 1. The van der Waals surface area contributed by atoms with Gasteiger partial charge in [0.1, 0.15) is 5.56 Å². The van der Waals surface area contributed by atoms with Gasteiger partial charge in [-0.25, -0.2) is 9.59 Å². The van der Waals surface area contributed by atoms with Gasteiger partial charge < -0.3 is 14.6 Å². The van der Waals surface area contributed by atoms with E-state index in [1.165, 1.54) is 18.9 Å². The highest BCUT2D eigenvalue weighted by molar-refractivity contribution is 8.00. The Hall–Kier alpha value is -1.28. The van der Waals surface area contributed by atoms with Gasteiger partial charge in [0.15, 0.2) is 0 Å². The van der Waals surface area contributed by atoms with Crippen LogP contribution in [0.2, 0.25) is 0 Å². The molecule has 0 bridgehead atoms. The van der Waals surface area contributed by atoms with Crippen LogP contribution in [0.25, 0.3) is 0 Å². The van der Waals surface area contributed by atoms with Gasteiger partial charge in [0.25, 0.3) is 5.88 Å². The molecule has 0 spiro atoms. The summed E-state index contributed by atoms with van der Waals surface area (Å²) in [7, 11) is 1.20. The number of ether oxygens (including phenoxy) is 2. The highest BCUT2D eigenvalue weighted by atomic mass is 32.2. The molecule has 1 N–H and O–H groups in total. The fourth-order valence-corrected chi connectivity index (χ4v) is 2.17. The van der Waals surface area contributed by atoms with E-state index in [2.05, 4.69) is 13.8 Å². The van der Waals surface area contributed by atoms with Crippen LogP contribution >= 0.6 is 23.3 Å². The lowest BCUT2D eigenvalue weighted by Crippen LogP contribution is -2.09. The largest absolute Gasteiger partial charge is 0.512 e. The Morgan fingerprint density at radius 2 is 2.20 bits per heavy atom. The maximum Gasteiger partial charge on any atom is 0.512 e. The average molecular weight is 249 g/mol. The summed E-state index contributed by atoms with van der Waals surface area (Å²) in [6.45, 7) is 0. The standard InChI is InChI=1S/C7H7NO5S2/c1-12-5(9)3-4(13-7(10)11)8-15-6(3)14-2/h1-2H3,(H,10,11). The lowest BCUT2D eigenvalue weighted by molar-refractivity contribution is 0.0593. The third-order valence-corrected chi connectivity index (χ3v) is 3.31. The zero-order valence-corrected chi connectivity index (χ0v) is 9.48. The van der Waals surface area contributed by atoms with Gasteiger partial charge >= 0.3 is 12.1 Å². The molecule has 0 aliphatic heterocycles. The van der Waals surface area contributed by atoms with E-state index in [9.17, 15) is 9.59 Å². The number of rotatable bonds is 3. The summed E-state index contributed by atoms with van der Waals surface area (Å²) in [6, 6.07) is 0. The minimum Gasteiger partial charge on any atom is -0.465 e. The Morgan fingerprint density at radius 3 is 2.67 bits per heavy atom. The van der Waals surface area contributed by atoms with Crippen molar-refractivity contribution in [2.24, 2.45) is 0 Å². The molecule has 0 fully saturated rings. The number of hydrogen-bond donors (Lipinski definition) is 1. The molecule has 1 heterocycles. The normalized spacial score (nSPS) is 9.73. The predicted molar refractivity (Wildman–Crippen MR) is 53.9 cm³/mol. The highest BCUT2D eigenvalue weighted by Gasteiger charge is 2.24. The van der Waals surface area contributed by atoms with Crippen molar-refractivity contribution in [3.63, 3.8) is 0 Å². The Labute approximate surface area is 93.4 Å². The van der Waals surface area contributed by atoms with Gasteiger partial charge in [0.05, 0.1) is 11.3 Å². The van der Waals surface area contributed by atoms with Crippen molar-refractivity contribution in [1.82, 2.24) is 4.37 Å². The number of esters is 1. The molecule has 0 aliphatic carbocycles. The number of carbonyl (C=O) groups excluding carboxylic acids is 1. The predicted octanol–water partition coefficient (Wildman–Crippen LogP) is 1.71. The Kier molecular flexibility index (Phi) is 3.92. The van der Waals surface area contributed by atoms with Crippen molar-refractivity contribution >= 4 is 35.4 Å². The minimum atomic E-state index is -1.52. The van der Waals surface area contributed by atoms with Crippen LogP contribution in [0.1, 0.15) is 10.4 Å². The number of methoxy groups -OCH3 is 1. The Morgan fingerprint density at radius 1 is 1.53 bits per heavy atom. The fourth-order valence-electron chi connectivity index (χ4n) is 0.826.